The second-order valence-corrected chi connectivity index (χ2v) is 8.61. The Bertz CT molecular complexity index is 1270. The molecular formula is C24H21ClFN3O5. The standard InChI is InChI=1S/C24H21ClFN3O5/c1-14-21(22(25)29(28-14)17-7-4-15(26)5-8-17)23(31)32-13-20(30)27-16-6-9-18-19(12-16)34-24(33-18)10-2-3-11-24/h4-9,12H,2-3,10-11,13H2,1H3,(H,27,30). The van der Waals surface area contributed by atoms with Crippen LogP contribution in [0.2, 0.25) is 5.15 Å². The van der Waals surface area contributed by atoms with Gasteiger partial charge in [-0.3, -0.25) is 4.79 Å². The highest BCUT2D eigenvalue weighted by Crippen LogP contribution is 2.47. The average molecular weight is 486 g/mol. The molecule has 0 bridgehead atoms. The van der Waals surface area contributed by atoms with Gasteiger partial charge in [-0.1, -0.05) is 11.6 Å². The molecule has 0 radical (unpaired) electrons. The molecule has 0 atom stereocenters. The minimum Gasteiger partial charge on any atom is -0.452 e. The molecule has 1 N–H and O–H groups in total. The van der Waals surface area contributed by atoms with Gasteiger partial charge in [-0.25, -0.2) is 13.9 Å². The van der Waals surface area contributed by atoms with Crippen LogP contribution in [0.25, 0.3) is 5.69 Å². The maximum absolute atomic E-state index is 13.2. The summed E-state index contributed by atoms with van der Waals surface area (Å²) in [5.74, 6) is -1.09. The van der Waals surface area contributed by atoms with Crippen LogP contribution in [0, 0.1) is 12.7 Å². The SMILES string of the molecule is Cc1nn(-c2ccc(F)cc2)c(Cl)c1C(=O)OCC(=O)Nc1ccc2c(c1)OC1(CCCC1)O2. The van der Waals surface area contributed by atoms with Crippen LogP contribution in [0.4, 0.5) is 10.1 Å². The molecule has 2 heterocycles. The van der Waals surface area contributed by atoms with Gasteiger partial charge in [-0.15, -0.1) is 0 Å². The van der Waals surface area contributed by atoms with E-state index in [1.807, 2.05) is 0 Å². The quantitative estimate of drug-likeness (QED) is 0.521. The van der Waals surface area contributed by atoms with E-state index in [0.717, 1.165) is 25.7 Å². The summed E-state index contributed by atoms with van der Waals surface area (Å²) < 4.78 is 31.6. The van der Waals surface area contributed by atoms with Crippen molar-refractivity contribution in [3.05, 3.63) is 64.7 Å². The zero-order valence-corrected chi connectivity index (χ0v) is 19.0. The Morgan fingerprint density at radius 2 is 1.85 bits per heavy atom. The molecule has 1 amide bonds. The third kappa shape index (κ3) is 4.19. The van der Waals surface area contributed by atoms with Crippen molar-refractivity contribution in [1.82, 2.24) is 9.78 Å². The van der Waals surface area contributed by atoms with Gasteiger partial charge < -0.3 is 19.5 Å². The summed E-state index contributed by atoms with van der Waals surface area (Å²) in [7, 11) is 0. The van der Waals surface area contributed by atoms with Crippen molar-refractivity contribution < 1.29 is 28.2 Å². The van der Waals surface area contributed by atoms with E-state index in [9.17, 15) is 14.0 Å². The molecule has 0 unspecified atom stereocenters. The van der Waals surface area contributed by atoms with Crippen molar-refractivity contribution in [2.24, 2.45) is 0 Å². The van der Waals surface area contributed by atoms with Gasteiger partial charge in [-0.05, 0) is 56.2 Å². The second-order valence-electron chi connectivity index (χ2n) is 8.25. The molecule has 1 spiro atoms. The van der Waals surface area contributed by atoms with Crippen molar-refractivity contribution in [1.29, 1.82) is 0 Å². The zero-order valence-electron chi connectivity index (χ0n) is 18.3. The van der Waals surface area contributed by atoms with Crippen LogP contribution < -0.4 is 14.8 Å². The average Bonchev–Trinajstić information content (AvgIpc) is 3.49. The van der Waals surface area contributed by atoms with E-state index < -0.39 is 30.1 Å². The number of nitrogens with zero attached hydrogens (tertiary/aromatic N) is 2. The number of hydrogen-bond acceptors (Lipinski definition) is 6. The minimum atomic E-state index is -0.792. The summed E-state index contributed by atoms with van der Waals surface area (Å²) >= 11 is 6.33. The predicted octanol–water partition coefficient (Wildman–Crippen LogP) is 4.81. The van der Waals surface area contributed by atoms with E-state index in [0.29, 0.717) is 28.6 Å². The normalized spacial score (nSPS) is 15.5. The molecule has 10 heteroatoms. The number of benzene rings is 2. The van der Waals surface area contributed by atoms with E-state index in [1.165, 1.54) is 28.9 Å². The van der Waals surface area contributed by atoms with E-state index in [4.69, 9.17) is 25.8 Å². The van der Waals surface area contributed by atoms with Gasteiger partial charge in [-0.2, -0.15) is 5.10 Å². The fourth-order valence-corrected chi connectivity index (χ4v) is 4.52. The summed E-state index contributed by atoms with van der Waals surface area (Å²) in [6.45, 7) is 1.07. The Morgan fingerprint density at radius 3 is 2.59 bits per heavy atom. The molecule has 2 aromatic carbocycles. The van der Waals surface area contributed by atoms with E-state index in [2.05, 4.69) is 10.4 Å². The number of carbonyl (C=O) groups excluding carboxylic acids is 2. The van der Waals surface area contributed by atoms with Crippen molar-refractivity contribution >= 4 is 29.2 Å². The number of hydrogen-bond donors (Lipinski definition) is 1. The Kier molecular flexibility index (Phi) is 5.65. The number of aromatic nitrogens is 2. The Balaban J connectivity index is 1.21. The van der Waals surface area contributed by atoms with Crippen molar-refractivity contribution in [2.45, 2.75) is 38.4 Å². The number of anilines is 1. The van der Waals surface area contributed by atoms with Gasteiger partial charge in [0.15, 0.2) is 18.1 Å². The summed E-state index contributed by atoms with van der Waals surface area (Å²) in [5, 5.41) is 6.91. The van der Waals surface area contributed by atoms with Crippen LogP contribution in [-0.4, -0.2) is 34.1 Å². The lowest BCUT2D eigenvalue weighted by atomic mass is 10.2. The molecular weight excluding hydrogens is 465 g/mol. The first kappa shape index (κ1) is 22.2. The fourth-order valence-electron chi connectivity index (χ4n) is 4.17. The molecule has 1 fully saturated rings. The molecule has 2 aliphatic rings. The van der Waals surface area contributed by atoms with Gasteiger partial charge in [0.05, 0.1) is 11.4 Å². The lowest BCUT2D eigenvalue weighted by Crippen LogP contribution is -2.34. The van der Waals surface area contributed by atoms with Gasteiger partial charge in [0.25, 0.3) is 11.7 Å². The maximum Gasteiger partial charge on any atom is 0.343 e. The maximum atomic E-state index is 13.2. The topological polar surface area (TPSA) is 91.7 Å². The van der Waals surface area contributed by atoms with Crippen LogP contribution in [0.15, 0.2) is 42.5 Å². The number of halogens is 2. The van der Waals surface area contributed by atoms with Crippen LogP contribution in [-0.2, 0) is 9.53 Å². The second kappa shape index (κ2) is 8.64. The number of amides is 1. The van der Waals surface area contributed by atoms with Crippen molar-refractivity contribution in [2.75, 3.05) is 11.9 Å². The first-order valence-corrected chi connectivity index (χ1v) is 11.2. The summed E-state index contributed by atoms with van der Waals surface area (Å²) in [5.41, 5.74) is 1.32. The minimum absolute atomic E-state index is 0.00568. The molecule has 1 aliphatic carbocycles. The number of esters is 1. The number of carbonyl (C=O) groups is 2. The van der Waals surface area contributed by atoms with Crippen molar-refractivity contribution in [3.63, 3.8) is 0 Å². The van der Waals surface area contributed by atoms with Crippen LogP contribution in [0.5, 0.6) is 11.5 Å². The number of ether oxygens (including phenoxy) is 3. The Morgan fingerprint density at radius 1 is 1.15 bits per heavy atom. The number of rotatable bonds is 5. The smallest absolute Gasteiger partial charge is 0.343 e. The van der Waals surface area contributed by atoms with Crippen molar-refractivity contribution in [3.8, 4) is 17.2 Å². The Hall–Kier alpha value is -3.59. The molecule has 3 aromatic rings. The lowest BCUT2D eigenvalue weighted by Gasteiger charge is -2.21. The monoisotopic (exact) mass is 485 g/mol. The molecule has 34 heavy (non-hydrogen) atoms. The molecule has 176 valence electrons. The van der Waals surface area contributed by atoms with E-state index >= 15 is 0 Å². The molecule has 0 saturated heterocycles. The van der Waals surface area contributed by atoms with Crippen LogP contribution >= 0.6 is 11.6 Å². The number of fused-ring (bicyclic) bond motifs is 1. The highest BCUT2D eigenvalue weighted by molar-refractivity contribution is 6.33. The fraction of sp³-hybridized carbons (Fsp3) is 0.292. The zero-order chi connectivity index (χ0) is 23.9. The van der Waals surface area contributed by atoms with Gasteiger partial charge in [0, 0.05) is 24.6 Å². The Labute approximate surface area is 199 Å². The number of nitrogens with one attached hydrogen (secondary N) is 1. The van der Waals surface area contributed by atoms with Gasteiger partial charge in [0.2, 0.25) is 0 Å². The van der Waals surface area contributed by atoms with Crippen LogP contribution in [0.1, 0.15) is 41.7 Å². The summed E-state index contributed by atoms with van der Waals surface area (Å²) in [6.07, 6.45) is 3.77. The molecule has 1 aromatic heterocycles. The molecule has 1 saturated carbocycles. The van der Waals surface area contributed by atoms with Crippen LogP contribution in [0.3, 0.4) is 0 Å². The number of aryl methyl sites for hydroxylation is 1. The molecule has 1 aliphatic heterocycles. The summed E-state index contributed by atoms with van der Waals surface area (Å²) in [6, 6.07) is 10.6. The molecule has 5 rings (SSSR count). The lowest BCUT2D eigenvalue weighted by molar-refractivity contribution is -0.119. The largest absolute Gasteiger partial charge is 0.452 e. The third-order valence-corrected chi connectivity index (χ3v) is 6.15. The van der Waals surface area contributed by atoms with E-state index in [1.54, 1.807) is 25.1 Å². The van der Waals surface area contributed by atoms with E-state index in [-0.39, 0.29) is 10.7 Å². The summed E-state index contributed by atoms with van der Waals surface area (Å²) in [4.78, 5) is 25.0. The molecule has 8 nitrogen and oxygen atoms in total. The van der Waals surface area contributed by atoms with Gasteiger partial charge >= 0.3 is 5.97 Å². The third-order valence-electron chi connectivity index (χ3n) is 5.80. The highest BCUT2D eigenvalue weighted by Gasteiger charge is 2.44. The predicted molar refractivity (Wildman–Crippen MR) is 121 cm³/mol. The first-order valence-electron chi connectivity index (χ1n) is 10.8. The van der Waals surface area contributed by atoms with Gasteiger partial charge in [0.1, 0.15) is 16.5 Å². The highest BCUT2D eigenvalue weighted by atomic mass is 35.5. The first-order chi connectivity index (χ1) is 16.3.